The molecule has 0 aliphatic carbocycles. The van der Waals surface area contributed by atoms with Crippen molar-refractivity contribution >= 4 is 50.8 Å². The molecule has 12 heavy (non-hydrogen) atoms. The molecule has 0 bridgehead atoms. The normalized spacial score (nSPS) is 9.92. The van der Waals surface area contributed by atoms with Crippen LogP contribution < -0.4 is 0 Å². The van der Waals surface area contributed by atoms with E-state index in [4.69, 9.17) is 0 Å². The highest BCUT2D eigenvalue weighted by Crippen LogP contribution is 2.29. The summed E-state index contributed by atoms with van der Waals surface area (Å²) in [5.41, 5.74) is 2.10. The quantitative estimate of drug-likeness (QED) is 0.732. The van der Waals surface area contributed by atoms with Gasteiger partial charge in [0, 0.05) is 0 Å². The fraction of sp³-hybridized carbons (Fsp3) is 0.111. The fourth-order valence-corrected chi connectivity index (χ4v) is 2.58. The molecule has 0 amide bonds. The van der Waals surface area contributed by atoms with E-state index in [-0.39, 0.29) is 0 Å². The smallest absolute Gasteiger partial charge is 0.142 e. The topological polar surface area (TPSA) is 20.2 Å². The van der Waals surface area contributed by atoms with Crippen molar-refractivity contribution in [3.05, 3.63) is 31.4 Å². The molecule has 0 aliphatic heterocycles. The Hall–Kier alpha value is 0.220. The number of phenolic OH excluding ortho intramolecular Hbond substituents is 1. The number of aromatic hydroxyl groups is 1. The van der Waals surface area contributed by atoms with Gasteiger partial charge in [-0.2, -0.15) is 0 Å². The first kappa shape index (κ1) is 10.3. The predicted octanol–water partition coefficient (Wildman–Crippen LogP) is 3.63. The molecule has 0 fully saturated rings. The lowest BCUT2D eigenvalue weighted by molar-refractivity contribution is 0.467. The van der Waals surface area contributed by atoms with Gasteiger partial charge in [0.25, 0.3) is 0 Å². The number of hydrogen-bond donors (Lipinski definition) is 1. The second-order valence-corrected chi connectivity index (χ2v) is 4.89. The van der Waals surface area contributed by atoms with Crippen LogP contribution in [-0.2, 0) is 0 Å². The first-order chi connectivity index (χ1) is 5.52. The summed E-state index contributed by atoms with van der Waals surface area (Å²) < 4.78 is 1.75. The Morgan fingerprint density at radius 3 is 2.08 bits per heavy atom. The molecular formula is C9H8I2O. The Kier molecular flexibility index (Phi) is 3.39. The summed E-state index contributed by atoms with van der Waals surface area (Å²) in [5.74, 6) is 0.362. The van der Waals surface area contributed by atoms with E-state index in [9.17, 15) is 5.11 Å². The third-order valence-electron chi connectivity index (χ3n) is 1.51. The average molecular weight is 386 g/mol. The van der Waals surface area contributed by atoms with E-state index < -0.39 is 0 Å². The van der Waals surface area contributed by atoms with Crippen molar-refractivity contribution in [3.63, 3.8) is 0 Å². The molecule has 0 atom stereocenters. The van der Waals surface area contributed by atoms with E-state index in [1.165, 1.54) is 0 Å². The molecule has 1 nitrogen and oxygen atoms in total. The minimum Gasteiger partial charge on any atom is -0.506 e. The van der Waals surface area contributed by atoms with E-state index in [2.05, 4.69) is 51.8 Å². The highest BCUT2D eigenvalue weighted by molar-refractivity contribution is 14.1. The Bertz CT molecular complexity index is 308. The van der Waals surface area contributed by atoms with Crippen LogP contribution in [0.1, 0.15) is 12.5 Å². The molecule has 0 radical (unpaired) electrons. The summed E-state index contributed by atoms with van der Waals surface area (Å²) in [4.78, 5) is 0. The van der Waals surface area contributed by atoms with Crippen LogP contribution in [0.25, 0.3) is 5.57 Å². The van der Waals surface area contributed by atoms with E-state index in [0.717, 1.165) is 18.3 Å². The molecule has 0 heterocycles. The number of benzene rings is 1. The van der Waals surface area contributed by atoms with Crippen LogP contribution in [0.4, 0.5) is 0 Å². The molecular weight excluding hydrogens is 378 g/mol. The van der Waals surface area contributed by atoms with Crippen molar-refractivity contribution in [2.24, 2.45) is 0 Å². The summed E-state index contributed by atoms with van der Waals surface area (Å²) in [6.07, 6.45) is 0. The maximum absolute atomic E-state index is 9.47. The number of rotatable bonds is 1. The summed E-state index contributed by atoms with van der Waals surface area (Å²) in [6, 6.07) is 3.86. The highest BCUT2D eigenvalue weighted by atomic mass is 127. The summed E-state index contributed by atoms with van der Waals surface area (Å²) in [6.45, 7) is 5.81. The number of phenols is 1. The van der Waals surface area contributed by atoms with Gasteiger partial charge in [-0.1, -0.05) is 12.2 Å². The molecule has 0 aliphatic rings. The first-order valence-electron chi connectivity index (χ1n) is 3.36. The number of hydrogen-bond acceptors (Lipinski definition) is 1. The zero-order chi connectivity index (χ0) is 9.30. The van der Waals surface area contributed by atoms with E-state index in [1.54, 1.807) is 0 Å². The first-order valence-corrected chi connectivity index (χ1v) is 5.52. The third kappa shape index (κ3) is 2.12. The molecule has 64 valence electrons. The maximum atomic E-state index is 9.47. The molecule has 0 spiro atoms. The largest absolute Gasteiger partial charge is 0.506 e. The van der Waals surface area contributed by atoms with Crippen molar-refractivity contribution in [3.8, 4) is 5.75 Å². The second kappa shape index (κ2) is 3.95. The Balaban J connectivity index is 3.31. The maximum Gasteiger partial charge on any atom is 0.142 e. The van der Waals surface area contributed by atoms with E-state index >= 15 is 0 Å². The van der Waals surface area contributed by atoms with Gasteiger partial charge < -0.3 is 5.11 Å². The van der Waals surface area contributed by atoms with Crippen molar-refractivity contribution < 1.29 is 5.11 Å². The van der Waals surface area contributed by atoms with Gasteiger partial charge in [-0.15, -0.1) is 0 Å². The number of allylic oxidation sites excluding steroid dienone is 1. The molecule has 1 aromatic carbocycles. The predicted molar refractivity (Wildman–Crippen MR) is 68.2 cm³/mol. The van der Waals surface area contributed by atoms with Gasteiger partial charge in [-0.05, 0) is 69.8 Å². The molecule has 0 aromatic heterocycles. The van der Waals surface area contributed by atoms with Crippen LogP contribution >= 0.6 is 45.2 Å². The van der Waals surface area contributed by atoms with Gasteiger partial charge in [-0.3, -0.25) is 0 Å². The summed E-state index contributed by atoms with van der Waals surface area (Å²) in [5, 5.41) is 9.47. The molecule has 3 heteroatoms. The second-order valence-electron chi connectivity index (χ2n) is 2.57. The lowest BCUT2D eigenvalue weighted by Crippen LogP contribution is -1.84. The lowest BCUT2D eigenvalue weighted by Gasteiger charge is -2.04. The zero-order valence-electron chi connectivity index (χ0n) is 6.56. The minimum absolute atomic E-state index is 0.362. The van der Waals surface area contributed by atoms with Crippen molar-refractivity contribution in [1.29, 1.82) is 0 Å². The fourth-order valence-electron chi connectivity index (χ4n) is 0.812. The Morgan fingerprint density at radius 2 is 1.75 bits per heavy atom. The molecule has 0 saturated carbocycles. The van der Waals surface area contributed by atoms with Crippen LogP contribution in [-0.4, -0.2) is 5.11 Å². The van der Waals surface area contributed by atoms with Crippen molar-refractivity contribution in [2.75, 3.05) is 0 Å². The molecule has 0 unspecified atom stereocenters. The summed E-state index contributed by atoms with van der Waals surface area (Å²) >= 11 is 4.23. The van der Waals surface area contributed by atoms with Gasteiger partial charge in [-0.25, -0.2) is 0 Å². The van der Waals surface area contributed by atoms with Gasteiger partial charge >= 0.3 is 0 Å². The zero-order valence-corrected chi connectivity index (χ0v) is 10.9. The van der Waals surface area contributed by atoms with Gasteiger partial charge in [0.1, 0.15) is 5.75 Å². The molecule has 0 saturated heterocycles. The van der Waals surface area contributed by atoms with Gasteiger partial charge in [0.05, 0.1) is 7.14 Å². The average Bonchev–Trinajstić information content (AvgIpc) is 1.99. The highest BCUT2D eigenvalue weighted by Gasteiger charge is 2.05. The standard InChI is InChI=1S/C9H8I2O/c1-5(2)6-3-7(10)9(12)8(11)4-6/h3-4,12H,1H2,2H3. The van der Waals surface area contributed by atoms with Gasteiger partial charge in [0.2, 0.25) is 0 Å². The van der Waals surface area contributed by atoms with Crippen LogP contribution in [0.15, 0.2) is 18.7 Å². The monoisotopic (exact) mass is 386 g/mol. The molecule has 1 N–H and O–H groups in total. The van der Waals surface area contributed by atoms with Crippen molar-refractivity contribution in [1.82, 2.24) is 0 Å². The SMILES string of the molecule is C=C(C)c1cc(I)c(O)c(I)c1. The van der Waals surface area contributed by atoms with Gasteiger partial charge in [0.15, 0.2) is 0 Å². The molecule has 1 aromatic rings. The summed E-state index contributed by atoms with van der Waals surface area (Å²) in [7, 11) is 0. The van der Waals surface area contributed by atoms with E-state index in [0.29, 0.717) is 5.75 Å². The lowest BCUT2D eigenvalue weighted by atomic mass is 10.1. The molecule has 1 rings (SSSR count). The van der Waals surface area contributed by atoms with Crippen LogP contribution in [0.2, 0.25) is 0 Å². The van der Waals surface area contributed by atoms with Crippen LogP contribution in [0, 0.1) is 7.14 Å². The number of halogens is 2. The Morgan fingerprint density at radius 1 is 1.33 bits per heavy atom. The van der Waals surface area contributed by atoms with Crippen LogP contribution in [0.3, 0.4) is 0 Å². The minimum atomic E-state index is 0.362. The van der Waals surface area contributed by atoms with Crippen LogP contribution in [0.5, 0.6) is 5.75 Å². The Labute approximate surface area is 99.2 Å². The van der Waals surface area contributed by atoms with E-state index in [1.807, 2.05) is 19.1 Å². The van der Waals surface area contributed by atoms with Crippen molar-refractivity contribution in [2.45, 2.75) is 6.92 Å². The third-order valence-corrected chi connectivity index (χ3v) is 3.15.